The number of halogens is 2. The molecule has 0 bridgehead atoms. The van der Waals surface area contributed by atoms with Crippen molar-refractivity contribution in [1.29, 1.82) is 0 Å². The van der Waals surface area contributed by atoms with Crippen molar-refractivity contribution < 1.29 is 19.0 Å². The number of ether oxygens (including phenoxy) is 1. The molecule has 2 rings (SSSR count). The zero-order valence-corrected chi connectivity index (χ0v) is 12.5. The Bertz CT molecular complexity index is 683. The van der Waals surface area contributed by atoms with Crippen LogP contribution in [-0.4, -0.2) is 11.1 Å². The quantitative estimate of drug-likeness (QED) is 0.882. The molecule has 104 valence electrons. The van der Waals surface area contributed by atoms with Crippen LogP contribution in [0.4, 0.5) is 4.39 Å². The molecule has 0 aliphatic carbocycles. The number of hydrogen-bond acceptors (Lipinski definition) is 2. The van der Waals surface area contributed by atoms with Gasteiger partial charge in [0.15, 0.2) is 11.6 Å². The van der Waals surface area contributed by atoms with E-state index in [0.29, 0.717) is 5.75 Å². The van der Waals surface area contributed by atoms with E-state index in [1.807, 2.05) is 26.0 Å². The first kappa shape index (κ1) is 14.5. The van der Waals surface area contributed by atoms with Crippen molar-refractivity contribution >= 4 is 21.9 Å². The molecule has 0 aliphatic heterocycles. The van der Waals surface area contributed by atoms with E-state index < -0.39 is 11.8 Å². The highest BCUT2D eigenvalue weighted by molar-refractivity contribution is 9.10. The number of carboxylic acid groups (broad SMARTS) is 1. The van der Waals surface area contributed by atoms with E-state index in [1.54, 1.807) is 6.07 Å². The maximum Gasteiger partial charge on any atom is 0.336 e. The second-order valence-electron chi connectivity index (χ2n) is 4.34. The third kappa shape index (κ3) is 2.67. The maximum atomic E-state index is 14.1. The molecule has 0 radical (unpaired) electrons. The summed E-state index contributed by atoms with van der Waals surface area (Å²) in [6.45, 7) is 3.81. The van der Waals surface area contributed by atoms with Crippen molar-refractivity contribution in [2.45, 2.75) is 13.8 Å². The summed E-state index contributed by atoms with van der Waals surface area (Å²) in [6, 6.07) is 8.10. The van der Waals surface area contributed by atoms with E-state index in [1.165, 1.54) is 12.1 Å². The van der Waals surface area contributed by atoms with Gasteiger partial charge < -0.3 is 9.84 Å². The monoisotopic (exact) mass is 338 g/mol. The topological polar surface area (TPSA) is 46.5 Å². The van der Waals surface area contributed by atoms with Crippen LogP contribution in [0.15, 0.2) is 34.8 Å². The zero-order chi connectivity index (χ0) is 14.9. The molecule has 3 nitrogen and oxygen atoms in total. The summed E-state index contributed by atoms with van der Waals surface area (Å²) in [5, 5.41) is 8.91. The third-order valence-electron chi connectivity index (χ3n) is 3.05. The fraction of sp³-hybridized carbons (Fsp3) is 0.133. The number of benzene rings is 2. The fourth-order valence-corrected chi connectivity index (χ4v) is 2.23. The van der Waals surface area contributed by atoms with E-state index in [2.05, 4.69) is 15.9 Å². The van der Waals surface area contributed by atoms with Crippen LogP contribution in [-0.2, 0) is 0 Å². The summed E-state index contributed by atoms with van der Waals surface area (Å²) in [5.41, 5.74) is 1.80. The van der Waals surface area contributed by atoms with E-state index in [0.717, 1.165) is 11.1 Å². The Balaban J connectivity index is 2.42. The molecule has 0 unspecified atom stereocenters. The molecule has 0 atom stereocenters. The molecule has 0 aliphatic rings. The van der Waals surface area contributed by atoms with Gasteiger partial charge in [0.2, 0.25) is 0 Å². The molecule has 5 heteroatoms. The van der Waals surface area contributed by atoms with Gasteiger partial charge >= 0.3 is 5.97 Å². The van der Waals surface area contributed by atoms with Gasteiger partial charge in [0, 0.05) is 0 Å². The van der Waals surface area contributed by atoms with Crippen molar-refractivity contribution in [3.63, 3.8) is 0 Å². The first-order valence-corrected chi connectivity index (χ1v) is 6.66. The number of hydrogen-bond donors (Lipinski definition) is 1. The Kier molecular flexibility index (Phi) is 4.09. The standard InChI is InChI=1S/C15H12BrFO3/c1-8-4-3-5-11(9(8)2)20-12-7-6-10(15(18)19)13(16)14(12)17/h3-7H,1-2H3,(H,18,19). The van der Waals surface area contributed by atoms with Gasteiger partial charge in [-0.05, 0) is 59.1 Å². The second kappa shape index (κ2) is 5.63. The summed E-state index contributed by atoms with van der Waals surface area (Å²) in [6.07, 6.45) is 0. The molecular formula is C15H12BrFO3. The molecule has 0 spiro atoms. The number of rotatable bonds is 3. The van der Waals surface area contributed by atoms with Crippen LogP contribution >= 0.6 is 15.9 Å². The molecule has 0 amide bonds. The lowest BCUT2D eigenvalue weighted by Crippen LogP contribution is -2.01. The fourth-order valence-electron chi connectivity index (χ4n) is 1.73. The first-order chi connectivity index (χ1) is 9.41. The van der Waals surface area contributed by atoms with E-state index in [9.17, 15) is 9.18 Å². The molecule has 0 fully saturated rings. The predicted octanol–water partition coefficient (Wildman–Crippen LogP) is 4.70. The van der Waals surface area contributed by atoms with Crippen molar-refractivity contribution in [2.75, 3.05) is 0 Å². The molecule has 2 aromatic carbocycles. The Morgan fingerprint density at radius 1 is 1.20 bits per heavy atom. The normalized spacial score (nSPS) is 10.4. The van der Waals surface area contributed by atoms with Gasteiger partial charge in [-0.1, -0.05) is 12.1 Å². The molecule has 0 aromatic heterocycles. The van der Waals surface area contributed by atoms with Gasteiger partial charge in [-0.15, -0.1) is 0 Å². The first-order valence-electron chi connectivity index (χ1n) is 5.87. The van der Waals surface area contributed by atoms with Gasteiger partial charge in [0.25, 0.3) is 0 Å². The minimum atomic E-state index is -1.20. The summed E-state index contributed by atoms with van der Waals surface area (Å²) in [4.78, 5) is 10.9. The van der Waals surface area contributed by atoms with Crippen molar-refractivity contribution in [1.82, 2.24) is 0 Å². The van der Waals surface area contributed by atoms with Crippen LogP contribution in [0, 0.1) is 19.7 Å². The Labute approximate surface area is 124 Å². The molecule has 1 N–H and O–H groups in total. The van der Waals surface area contributed by atoms with Crippen LogP contribution in [0.25, 0.3) is 0 Å². The smallest absolute Gasteiger partial charge is 0.336 e. The highest BCUT2D eigenvalue weighted by Gasteiger charge is 2.17. The highest BCUT2D eigenvalue weighted by Crippen LogP contribution is 2.33. The minimum absolute atomic E-state index is 0.0180. The molecular weight excluding hydrogens is 327 g/mol. The molecule has 0 saturated heterocycles. The molecule has 0 heterocycles. The summed E-state index contributed by atoms with van der Waals surface area (Å²) < 4.78 is 19.5. The van der Waals surface area contributed by atoms with Crippen molar-refractivity contribution in [3.8, 4) is 11.5 Å². The molecule has 2 aromatic rings. The highest BCUT2D eigenvalue weighted by atomic mass is 79.9. The van der Waals surface area contributed by atoms with Crippen molar-refractivity contribution in [3.05, 3.63) is 57.3 Å². The lowest BCUT2D eigenvalue weighted by molar-refractivity contribution is 0.0695. The summed E-state index contributed by atoms with van der Waals surface area (Å²) in [5.74, 6) is -1.41. The Morgan fingerprint density at radius 2 is 1.90 bits per heavy atom. The van der Waals surface area contributed by atoms with E-state index >= 15 is 0 Å². The van der Waals surface area contributed by atoms with E-state index in [-0.39, 0.29) is 15.8 Å². The maximum absolute atomic E-state index is 14.1. The molecule has 0 saturated carbocycles. The average Bonchev–Trinajstić information content (AvgIpc) is 2.40. The SMILES string of the molecule is Cc1cccc(Oc2ccc(C(=O)O)c(Br)c2F)c1C. The Hall–Kier alpha value is -1.88. The largest absolute Gasteiger partial charge is 0.478 e. The van der Waals surface area contributed by atoms with Gasteiger partial charge in [-0.2, -0.15) is 0 Å². The van der Waals surface area contributed by atoms with Crippen LogP contribution < -0.4 is 4.74 Å². The number of carbonyl (C=O) groups is 1. The Morgan fingerprint density at radius 3 is 2.55 bits per heavy atom. The van der Waals surface area contributed by atoms with E-state index in [4.69, 9.17) is 9.84 Å². The number of aromatic carboxylic acids is 1. The van der Waals surface area contributed by atoms with Gasteiger partial charge in [0.1, 0.15) is 5.75 Å². The number of aryl methyl sites for hydroxylation is 1. The summed E-state index contributed by atoms with van der Waals surface area (Å²) in [7, 11) is 0. The van der Waals surface area contributed by atoms with Crippen LogP contribution in [0.2, 0.25) is 0 Å². The van der Waals surface area contributed by atoms with Crippen LogP contribution in [0.1, 0.15) is 21.5 Å². The van der Waals surface area contributed by atoms with Crippen LogP contribution in [0.3, 0.4) is 0 Å². The average molecular weight is 339 g/mol. The van der Waals surface area contributed by atoms with Crippen molar-refractivity contribution in [2.24, 2.45) is 0 Å². The summed E-state index contributed by atoms with van der Waals surface area (Å²) >= 11 is 2.94. The van der Waals surface area contributed by atoms with Gasteiger partial charge in [-0.25, -0.2) is 9.18 Å². The lowest BCUT2D eigenvalue weighted by atomic mass is 10.1. The zero-order valence-electron chi connectivity index (χ0n) is 10.9. The van der Waals surface area contributed by atoms with Gasteiger partial charge in [0.05, 0.1) is 10.0 Å². The van der Waals surface area contributed by atoms with Gasteiger partial charge in [-0.3, -0.25) is 0 Å². The van der Waals surface area contributed by atoms with Crippen LogP contribution in [0.5, 0.6) is 11.5 Å². The second-order valence-corrected chi connectivity index (χ2v) is 5.14. The predicted molar refractivity (Wildman–Crippen MR) is 77.0 cm³/mol. The number of carboxylic acids is 1. The lowest BCUT2D eigenvalue weighted by Gasteiger charge is -2.12. The molecule has 20 heavy (non-hydrogen) atoms. The minimum Gasteiger partial charge on any atom is -0.478 e. The third-order valence-corrected chi connectivity index (χ3v) is 3.83.